The zero-order valence-electron chi connectivity index (χ0n) is 22.9. The number of rotatable bonds is 4. The number of esters is 1. The van der Waals surface area contributed by atoms with E-state index in [-0.39, 0.29) is 29.4 Å². The molecule has 0 spiro atoms. The Hall–Kier alpha value is -2.73. The molecule has 0 radical (unpaired) electrons. The fourth-order valence-electron chi connectivity index (χ4n) is 8.75. The molecule has 3 fully saturated rings. The Morgan fingerprint density at radius 3 is 2.45 bits per heavy atom. The molecule has 202 valence electrons. The predicted molar refractivity (Wildman–Crippen MR) is 145 cm³/mol. The average Bonchev–Trinajstić information content (AvgIpc) is 3.20. The second kappa shape index (κ2) is 9.48. The number of hydrogen-bond acceptors (Lipinski definition) is 6. The quantitative estimate of drug-likeness (QED) is 0.504. The number of nitrogens with zero attached hydrogens (tertiary/aromatic N) is 1. The topological polar surface area (TPSA) is 72.9 Å². The van der Waals surface area contributed by atoms with E-state index in [1.807, 2.05) is 6.08 Å². The van der Waals surface area contributed by atoms with E-state index >= 15 is 0 Å². The van der Waals surface area contributed by atoms with Gasteiger partial charge in [-0.2, -0.15) is 0 Å². The SMILES string of the molecule is CC(=O)O[C@]1(C(C)=O)CCC2C3CCC4=CC(=O)CCC4=C3[C@@H](c3ccc(N4CCOCC4)cc3)C[C@@]21C. The van der Waals surface area contributed by atoms with Crippen LogP contribution in [-0.4, -0.2) is 49.4 Å². The molecular formula is C32H39NO5. The van der Waals surface area contributed by atoms with Gasteiger partial charge in [0.05, 0.1) is 13.2 Å². The summed E-state index contributed by atoms with van der Waals surface area (Å²) in [5.41, 5.74) is 5.03. The highest BCUT2D eigenvalue weighted by atomic mass is 16.6. The summed E-state index contributed by atoms with van der Waals surface area (Å²) in [7, 11) is 0. The molecule has 5 atom stereocenters. The lowest BCUT2D eigenvalue weighted by Gasteiger charge is -2.55. The lowest BCUT2D eigenvalue weighted by atomic mass is 9.50. The lowest BCUT2D eigenvalue weighted by molar-refractivity contribution is -0.182. The molecular weight excluding hydrogens is 478 g/mol. The number of Topliss-reactive ketones (excluding diaryl/α,β-unsaturated/α-hetero) is 1. The van der Waals surface area contributed by atoms with Gasteiger partial charge >= 0.3 is 5.97 Å². The first-order valence-electron chi connectivity index (χ1n) is 14.3. The van der Waals surface area contributed by atoms with Gasteiger partial charge in [0.1, 0.15) is 0 Å². The van der Waals surface area contributed by atoms with Gasteiger partial charge in [0.15, 0.2) is 17.2 Å². The molecule has 6 rings (SSSR count). The van der Waals surface area contributed by atoms with Gasteiger partial charge in [0, 0.05) is 43.5 Å². The lowest BCUT2D eigenvalue weighted by Crippen LogP contribution is -2.57. The molecule has 1 aromatic carbocycles. The first-order chi connectivity index (χ1) is 18.2. The number of fused-ring (bicyclic) bond motifs is 4. The number of anilines is 1. The summed E-state index contributed by atoms with van der Waals surface area (Å²) in [6.45, 7) is 8.53. The molecule has 2 unspecified atom stereocenters. The Kier molecular flexibility index (Phi) is 6.37. The monoisotopic (exact) mass is 517 g/mol. The Labute approximate surface area is 225 Å². The second-order valence-electron chi connectivity index (χ2n) is 12.2. The van der Waals surface area contributed by atoms with Crippen LogP contribution in [0.4, 0.5) is 5.69 Å². The van der Waals surface area contributed by atoms with E-state index < -0.39 is 11.0 Å². The molecule has 4 aliphatic carbocycles. The summed E-state index contributed by atoms with van der Waals surface area (Å²) < 4.78 is 11.6. The average molecular weight is 518 g/mol. The minimum absolute atomic E-state index is 0.0325. The van der Waals surface area contributed by atoms with Gasteiger partial charge in [-0.25, -0.2) is 0 Å². The fraction of sp³-hybridized carbons (Fsp3) is 0.594. The van der Waals surface area contributed by atoms with E-state index in [0.717, 1.165) is 58.4 Å². The number of benzene rings is 1. The smallest absolute Gasteiger partial charge is 0.303 e. The van der Waals surface area contributed by atoms with Crippen LogP contribution in [0.25, 0.3) is 0 Å². The Bertz CT molecular complexity index is 1220. The zero-order valence-corrected chi connectivity index (χ0v) is 22.9. The van der Waals surface area contributed by atoms with Crippen LogP contribution < -0.4 is 4.90 Å². The third kappa shape index (κ3) is 3.90. The first kappa shape index (κ1) is 25.5. The first-order valence-corrected chi connectivity index (χ1v) is 14.3. The number of allylic oxidation sites excluding steroid dienone is 4. The van der Waals surface area contributed by atoms with Gasteiger partial charge in [-0.1, -0.05) is 24.6 Å². The molecule has 6 heteroatoms. The van der Waals surface area contributed by atoms with E-state index in [9.17, 15) is 14.4 Å². The van der Waals surface area contributed by atoms with Crippen molar-refractivity contribution in [1.29, 1.82) is 0 Å². The van der Waals surface area contributed by atoms with Crippen molar-refractivity contribution in [3.05, 3.63) is 52.6 Å². The molecule has 38 heavy (non-hydrogen) atoms. The standard InChI is InChI=1S/C32H39NO5/c1-20(34)32(38-21(2)35)13-12-29-27-10-6-23-18-25(36)9-11-26(23)30(27)28(19-31(29,32)3)22-4-7-24(8-5-22)33-14-16-37-17-15-33/h4-5,7-8,18,27-29H,6,9-17,19H2,1-3H3/t27?,28-,29?,31+,32+/m1/s1. The molecule has 1 heterocycles. The van der Waals surface area contributed by atoms with E-state index in [1.54, 1.807) is 6.92 Å². The number of ether oxygens (including phenoxy) is 2. The minimum atomic E-state index is -1.08. The number of ketones is 2. The summed E-state index contributed by atoms with van der Waals surface area (Å²) in [4.78, 5) is 40.3. The second-order valence-corrected chi connectivity index (χ2v) is 12.2. The Morgan fingerprint density at radius 1 is 1.03 bits per heavy atom. The summed E-state index contributed by atoms with van der Waals surface area (Å²) in [5.74, 6) is 0.554. The van der Waals surface area contributed by atoms with Crippen LogP contribution in [-0.2, 0) is 23.9 Å². The van der Waals surface area contributed by atoms with Crippen LogP contribution in [0.5, 0.6) is 0 Å². The van der Waals surface area contributed by atoms with Gasteiger partial charge in [-0.3, -0.25) is 14.4 Å². The highest BCUT2D eigenvalue weighted by Gasteiger charge is 2.67. The van der Waals surface area contributed by atoms with Crippen LogP contribution in [0.3, 0.4) is 0 Å². The highest BCUT2D eigenvalue weighted by Crippen LogP contribution is 2.67. The van der Waals surface area contributed by atoms with Crippen molar-refractivity contribution in [1.82, 2.24) is 0 Å². The van der Waals surface area contributed by atoms with E-state index in [4.69, 9.17) is 9.47 Å². The Morgan fingerprint density at radius 2 is 1.76 bits per heavy atom. The van der Waals surface area contributed by atoms with Crippen molar-refractivity contribution < 1.29 is 23.9 Å². The third-order valence-electron chi connectivity index (χ3n) is 10.4. The molecule has 1 aromatic rings. The van der Waals surface area contributed by atoms with E-state index in [2.05, 4.69) is 36.1 Å². The van der Waals surface area contributed by atoms with Crippen molar-refractivity contribution in [2.24, 2.45) is 17.3 Å². The molecule has 0 aromatic heterocycles. The molecule has 1 saturated heterocycles. The molecule has 1 aliphatic heterocycles. The highest BCUT2D eigenvalue weighted by molar-refractivity contribution is 5.93. The van der Waals surface area contributed by atoms with E-state index in [0.29, 0.717) is 18.8 Å². The third-order valence-corrected chi connectivity index (χ3v) is 10.4. The molecule has 0 bridgehead atoms. The van der Waals surface area contributed by atoms with Crippen molar-refractivity contribution in [2.45, 2.75) is 77.2 Å². The largest absolute Gasteiger partial charge is 0.451 e. The maximum Gasteiger partial charge on any atom is 0.303 e. The molecule has 2 saturated carbocycles. The van der Waals surface area contributed by atoms with Crippen molar-refractivity contribution >= 4 is 23.2 Å². The zero-order chi connectivity index (χ0) is 26.7. The predicted octanol–water partition coefficient (Wildman–Crippen LogP) is 5.31. The van der Waals surface area contributed by atoms with Gasteiger partial charge in [0.2, 0.25) is 0 Å². The summed E-state index contributed by atoms with van der Waals surface area (Å²) in [6, 6.07) is 8.95. The Balaban J connectivity index is 1.46. The van der Waals surface area contributed by atoms with Crippen LogP contribution >= 0.6 is 0 Å². The minimum Gasteiger partial charge on any atom is -0.451 e. The van der Waals surface area contributed by atoms with Gasteiger partial charge in [-0.05, 0) is 92.2 Å². The number of carbonyl (C=O) groups is 3. The van der Waals surface area contributed by atoms with Gasteiger partial charge in [-0.15, -0.1) is 0 Å². The van der Waals surface area contributed by atoms with Gasteiger partial charge < -0.3 is 14.4 Å². The van der Waals surface area contributed by atoms with E-state index in [1.165, 1.54) is 34.9 Å². The van der Waals surface area contributed by atoms with Gasteiger partial charge in [0.25, 0.3) is 0 Å². The number of hydrogen-bond donors (Lipinski definition) is 0. The van der Waals surface area contributed by atoms with Crippen LogP contribution in [0.1, 0.15) is 77.2 Å². The maximum atomic E-state index is 13.3. The molecule has 6 nitrogen and oxygen atoms in total. The molecule has 5 aliphatic rings. The molecule has 0 N–H and O–H groups in total. The number of morpholine rings is 1. The normalized spacial score (nSPS) is 34.7. The van der Waals surface area contributed by atoms with Crippen LogP contribution in [0.15, 0.2) is 47.1 Å². The van der Waals surface area contributed by atoms with Crippen LogP contribution in [0, 0.1) is 17.3 Å². The van der Waals surface area contributed by atoms with Crippen LogP contribution in [0.2, 0.25) is 0 Å². The molecule has 0 amide bonds. The van der Waals surface area contributed by atoms with Crippen molar-refractivity contribution in [3.63, 3.8) is 0 Å². The van der Waals surface area contributed by atoms with Crippen molar-refractivity contribution in [3.8, 4) is 0 Å². The maximum absolute atomic E-state index is 13.3. The summed E-state index contributed by atoms with van der Waals surface area (Å²) >= 11 is 0. The summed E-state index contributed by atoms with van der Waals surface area (Å²) in [5, 5.41) is 0. The van der Waals surface area contributed by atoms with Crippen molar-refractivity contribution in [2.75, 3.05) is 31.2 Å². The fourth-order valence-corrected chi connectivity index (χ4v) is 8.75. The summed E-state index contributed by atoms with van der Waals surface area (Å²) in [6.07, 6.45) is 7.39. The number of carbonyl (C=O) groups excluding carboxylic acids is 3.